The molecule has 0 unspecified atom stereocenters. The third kappa shape index (κ3) is 17.0. The molecule has 0 heterocycles. The molecule has 0 saturated carbocycles. The van der Waals surface area contributed by atoms with Crippen LogP contribution in [-0.2, 0) is 4.79 Å². The molecule has 0 rings (SSSR count). The Morgan fingerprint density at radius 1 is 0.815 bits per heavy atom. The van der Waals surface area contributed by atoms with Gasteiger partial charge in [-0.05, 0) is 25.7 Å². The molecule has 0 radical (unpaired) electrons. The molecule has 0 aliphatic rings. The number of rotatable bonds is 14. The van der Waals surface area contributed by atoms with Crippen molar-refractivity contribution >= 4 is 5.97 Å². The lowest BCUT2D eigenvalue weighted by atomic mass is 10.1. The first kappa shape index (κ1) is 24.8. The Hall–Kier alpha value is -2.21. The van der Waals surface area contributed by atoms with Crippen molar-refractivity contribution in [2.45, 2.75) is 57.3 Å². The maximum atomic E-state index is 10.4. The summed E-state index contributed by atoms with van der Waals surface area (Å²) in [7, 11) is 0. The minimum atomic E-state index is -0.992. The number of hydrogen-bond donors (Lipinski definition) is 4. The molecular formula is C22H32O5. The Kier molecular flexibility index (Phi) is 15.8. The predicted octanol–water partition coefficient (Wildman–Crippen LogP) is 3.46. The lowest BCUT2D eigenvalue weighted by Crippen LogP contribution is -2.22. The molecule has 0 aromatic carbocycles. The van der Waals surface area contributed by atoms with E-state index in [0.29, 0.717) is 12.8 Å². The standard InChI is InChI=1S/C22H32O5/c1-2-3-9-14-19(23)15-10-6-4-5-7-11-16-20(24)21(25)17-12-8-13-18-22(26)27/h3-12,15-16,19-21,23-25H,2,13-14,17-18H2,1H3,(H,26,27)/b6-4-,7-5+,9-3-,12-8-,15-10+,16-11+/t19-,20-,21+/m1/s1. The fourth-order valence-electron chi connectivity index (χ4n) is 1.94. The molecule has 4 N–H and O–H groups in total. The second-order valence-electron chi connectivity index (χ2n) is 5.92. The normalized spacial score (nSPS) is 16.6. The minimum absolute atomic E-state index is 0.0530. The van der Waals surface area contributed by atoms with Crippen LogP contribution in [0, 0.1) is 0 Å². The molecule has 5 heteroatoms. The molecule has 150 valence electrons. The summed E-state index contributed by atoms with van der Waals surface area (Å²) in [5.74, 6) is -0.861. The largest absolute Gasteiger partial charge is 0.481 e. The van der Waals surface area contributed by atoms with Gasteiger partial charge in [-0.2, -0.15) is 0 Å². The van der Waals surface area contributed by atoms with Gasteiger partial charge in [0.25, 0.3) is 0 Å². The van der Waals surface area contributed by atoms with Crippen molar-refractivity contribution in [2.24, 2.45) is 0 Å². The Labute approximate surface area is 162 Å². The summed E-state index contributed by atoms with van der Waals surface area (Å²) in [5, 5.41) is 37.7. The van der Waals surface area contributed by atoms with Crippen molar-refractivity contribution < 1.29 is 25.2 Å². The van der Waals surface area contributed by atoms with Gasteiger partial charge >= 0.3 is 5.97 Å². The summed E-state index contributed by atoms with van der Waals surface area (Å²) >= 11 is 0. The van der Waals surface area contributed by atoms with E-state index in [1.54, 1.807) is 54.7 Å². The van der Waals surface area contributed by atoms with Gasteiger partial charge in [0.05, 0.1) is 18.3 Å². The van der Waals surface area contributed by atoms with E-state index < -0.39 is 24.3 Å². The highest BCUT2D eigenvalue weighted by molar-refractivity contribution is 5.66. The minimum Gasteiger partial charge on any atom is -0.481 e. The quantitative estimate of drug-likeness (QED) is 0.275. The summed E-state index contributed by atoms with van der Waals surface area (Å²) in [6.45, 7) is 2.05. The van der Waals surface area contributed by atoms with Gasteiger partial charge in [0.2, 0.25) is 0 Å². The monoisotopic (exact) mass is 376 g/mol. The summed E-state index contributed by atoms with van der Waals surface area (Å²) < 4.78 is 0. The topological polar surface area (TPSA) is 98.0 Å². The maximum Gasteiger partial charge on any atom is 0.303 e. The second kappa shape index (κ2) is 17.2. The first-order chi connectivity index (χ1) is 13.0. The average Bonchev–Trinajstić information content (AvgIpc) is 2.63. The van der Waals surface area contributed by atoms with E-state index in [9.17, 15) is 20.1 Å². The Bertz CT molecular complexity index is 555. The van der Waals surface area contributed by atoms with Crippen LogP contribution in [0.1, 0.15) is 39.0 Å². The molecule has 27 heavy (non-hydrogen) atoms. The van der Waals surface area contributed by atoms with Crippen LogP contribution in [-0.4, -0.2) is 44.7 Å². The zero-order valence-corrected chi connectivity index (χ0v) is 15.9. The fraction of sp³-hybridized carbons (Fsp3) is 0.409. The van der Waals surface area contributed by atoms with E-state index in [1.807, 2.05) is 19.1 Å². The number of carboxylic acids is 1. The molecule has 5 nitrogen and oxygen atoms in total. The second-order valence-corrected chi connectivity index (χ2v) is 5.92. The first-order valence-electron chi connectivity index (χ1n) is 9.21. The molecule has 0 bridgehead atoms. The number of hydrogen-bond acceptors (Lipinski definition) is 4. The van der Waals surface area contributed by atoms with Gasteiger partial charge in [-0.3, -0.25) is 4.79 Å². The third-order valence-corrected chi connectivity index (χ3v) is 3.44. The van der Waals surface area contributed by atoms with Crippen molar-refractivity contribution in [3.63, 3.8) is 0 Å². The van der Waals surface area contributed by atoms with Gasteiger partial charge in [-0.15, -0.1) is 0 Å². The number of carboxylic acid groups (broad SMARTS) is 1. The lowest BCUT2D eigenvalue weighted by molar-refractivity contribution is -0.136. The van der Waals surface area contributed by atoms with Crippen LogP contribution in [0.15, 0.2) is 72.9 Å². The molecule has 3 atom stereocenters. The molecule has 0 aromatic heterocycles. The van der Waals surface area contributed by atoms with E-state index in [4.69, 9.17) is 5.11 Å². The van der Waals surface area contributed by atoms with Gasteiger partial charge in [0, 0.05) is 6.42 Å². The molecule has 0 amide bonds. The Morgan fingerprint density at radius 2 is 1.41 bits per heavy atom. The van der Waals surface area contributed by atoms with E-state index in [1.165, 1.54) is 6.08 Å². The number of allylic oxidation sites excluding steroid dienone is 8. The predicted molar refractivity (Wildman–Crippen MR) is 109 cm³/mol. The number of carbonyl (C=O) groups is 1. The first-order valence-corrected chi connectivity index (χ1v) is 9.21. The van der Waals surface area contributed by atoms with Crippen LogP contribution in [0.3, 0.4) is 0 Å². The van der Waals surface area contributed by atoms with E-state index in [-0.39, 0.29) is 12.8 Å². The van der Waals surface area contributed by atoms with Crippen molar-refractivity contribution in [2.75, 3.05) is 0 Å². The third-order valence-electron chi connectivity index (χ3n) is 3.44. The SMILES string of the molecule is CC/C=C\C[C@@H](O)/C=C/C=C\C=C\C=C\[C@@H](O)[C@@H](O)C/C=C\CCC(=O)O. The average molecular weight is 376 g/mol. The van der Waals surface area contributed by atoms with Crippen molar-refractivity contribution in [3.8, 4) is 0 Å². The summed E-state index contributed by atoms with van der Waals surface area (Å²) in [6, 6.07) is 0. The maximum absolute atomic E-state index is 10.4. The molecular weight excluding hydrogens is 344 g/mol. The molecule has 0 aliphatic carbocycles. The van der Waals surface area contributed by atoms with Crippen molar-refractivity contribution in [1.82, 2.24) is 0 Å². The van der Waals surface area contributed by atoms with E-state index >= 15 is 0 Å². The van der Waals surface area contributed by atoms with Crippen LogP contribution in [0.4, 0.5) is 0 Å². The van der Waals surface area contributed by atoms with Gasteiger partial charge in [0.1, 0.15) is 0 Å². The van der Waals surface area contributed by atoms with Crippen LogP contribution in [0.2, 0.25) is 0 Å². The lowest BCUT2D eigenvalue weighted by Gasteiger charge is -2.11. The van der Waals surface area contributed by atoms with E-state index in [2.05, 4.69) is 0 Å². The summed E-state index contributed by atoms with van der Waals surface area (Å²) in [6.07, 6.45) is 20.9. The number of aliphatic hydroxyl groups excluding tert-OH is 3. The molecule has 0 spiro atoms. The van der Waals surface area contributed by atoms with Gasteiger partial charge in [-0.1, -0.05) is 79.8 Å². The van der Waals surface area contributed by atoms with Gasteiger partial charge in [0.15, 0.2) is 0 Å². The molecule has 0 aliphatic heterocycles. The Balaban J connectivity index is 4.06. The molecule has 0 saturated heterocycles. The highest BCUT2D eigenvalue weighted by atomic mass is 16.4. The zero-order valence-electron chi connectivity index (χ0n) is 15.9. The number of aliphatic carboxylic acids is 1. The van der Waals surface area contributed by atoms with Crippen LogP contribution < -0.4 is 0 Å². The van der Waals surface area contributed by atoms with Crippen molar-refractivity contribution in [3.05, 3.63) is 72.9 Å². The van der Waals surface area contributed by atoms with E-state index in [0.717, 1.165) is 6.42 Å². The number of aliphatic hydroxyl groups is 3. The summed E-state index contributed by atoms with van der Waals surface area (Å²) in [4.78, 5) is 10.4. The molecule has 0 fully saturated rings. The smallest absolute Gasteiger partial charge is 0.303 e. The van der Waals surface area contributed by atoms with Gasteiger partial charge < -0.3 is 20.4 Å². The fourth-order valence-corrected chi connectivity index (χ4v) is 1.94. The van der Waals surface area contributed by atoms with Crippen LogP contribution >= 0.6 is 0 Å². The zero-order chi connectivity index (χ0) is 20.3. The van der Waals surface area contributed by atoms with Gasteiger partial charge in [-0.25, -0.2) is 0 Å². The Morgan fingerprint density at radius 3 is 2.04 bits per heavy atom. The molecule has 0 aromatic rings. The summed E-state index contributed by atoms with van der Waals surface area (Å²) in [5.41, 5.74) is 0. The van der Waals surface area contributed by atoms with Crippen LogP contribution in [0.5, 0.6) is 0 Å². The highest BCUT2D eigenvalue weighted by Gasteiger charge is 2.10. The van der Waals surface area contributed by atoms with Crippen LogP contribution in [0.25, 0.3) is 0 Å². The highest BCUT2D eigenvalue weighted by Crippen LogP contribution is 2.03. The van der Waals surface area contributed by atoms with Crippen molar-refractivity contribution in [1.29, 1.82) is 0 Å².